The summed E-state index contributed by atoms with van der Waals surface area (Å²) in [6, 6.07) is 41.0. The van der Waals surface area contributed by atoms with E-state index in [1.54, 1.807) is 24.3 Å². The number of aryl methyl sites for hydroxylation is 1. The fourth-order valence-electron chi connectivity index (χ4n) is 4.88. The van der Waals surface area contributed by atoms with Gasteiger partial charge in [-0.1, -0.05) is 80.1 Å². The zero-order chi connectivity index (χ0) is 26.6. The van der Waals surface area contributed by atoms with E-state index in [0.29, 0.717) is 0 Å². The second-order valence-corrected chi connectivity index (χ2v) is 9.98. The fourth-order valence-corrected chi connectivity index (χ4v) is 4.88. The lowest BCUT2D eigenvalue weighted by Gasteiger charge is -2.27. The van der Waals surface area contributed by atoms with Gasteiger partial charge in [0.2, 0.25) is 0 Å². The van der Waals surface area contributed by atoms with E-state index in [1.807, 2.05) is 24.3 Å². The second-order valence-electron chi connectivity index (χ2n) is 9.98. The van der Waals surface area contributed by atoms with Gasteiger partial charge >= 0.3 is 0 Å². The van der Waals surface area contributed by atoms with E-state index >= 15 is 0 Å². The highest BCUT2D eigenvalue weighted by molar-refractivity contribution is 5.77. The van der Waals surface area contributed by atoms with Gasteiger partial charge in [-0.2, -0.15) is 0 Å². The first-order chi connectivity index (χ1) is 18.4. The average Bonchev–Trinajstić information content (AvgIpc) is 2.95. The summed E-state index contributed by atoms with van der Waals surface area (Å²) in [7, 11) is 0. The molecule has 0 saturated heterocycles. The molecule has 0 aliphatic carbocycles. The summed E-state index contributed by atoms with van der Waals surface area (Å²) in [5.74, 6) is 1.01. The third-order valence-electron chi connectivity index (χ3n) is 7.38. The summed E-state index contributed by atoms with van der Waals surface area (Å²) in [5, 5.41) is 19.3. The molecule has 5 aromatic rings. The second kappa shape index (κ2) is 10.9. The molecule has 2 N–H and O–H groups in total. The van der Waals surface area contributed by atoms with Crippen LogP contribution in [-0.4, -0.2) is 10.2 Å². The monoisotopic (exact) mass is 499 g/mol. The normalized spacial score (nSPS) is 12.6. The number of aromatic hydroxyl groups is 2. The highest BCUT2D eigenvalue weighted by atomic mass is 16.3. The quantitative estimate of drug-likeness (QED) is 0.235. The van der Waals surface area contributed by atoms with Crippen molar-refractivity contribution in [3.05, 3.63) is 149 Å². The van der Waals surface area contributed by atoms with Gasteiger partial charge < -0.3 is 15.1 Å². The van der Waals surface area contributed by atoms with Gasteiger partial charge in [0, 0.05) is 28.9 Å². The molecule has 0 aliphatic heterocycles. The zero-order valence-electron chi connectivity index (χ0n) is 22.0. The lowest BCUT2D eigenvalue weighted by atomic mass is 9.92. The molecule has 5 aromatic carbocycles. The van der Waals surface area contributed by atoms with Crippen LogP contribution in [0.5, 0.6) is 11.5 Å². The number of hydrogen-bond acceptors (Lipinski definition) is 3. The van der Waals surface area contributed by atoms with Crippen LogP contribution in [0.15, 0.2) is 121 Å². The fraction of sp³-hybridized carbons (Fsp3) is 0.143. The Hall–Kier alpha value is -4.50. The maximum absolute atomic E-state index is 9.64. The molecule has 2 atom stereocenters. The van der Waals surface area contributed by atoms with Gasteiger partial charge in [-0.25, -0.2) is 0 Å². The predicted molar refractivity (Wildman–Crippen MR) is 157 cm³/mol. The molecule has 0 aromatic heterocycles. The van der Waals surface area contributed by atoms with E-state index in [9.17, 15) is 10.2 Å². The Labute approximate surface area is 225 Å². The number of anilines is 3. The van der Waals surface area contributed by atoms with E-state index in [0.717, 1.165) is 17.1 Å². The molecule has 3 heteroatoms. The van der Waals surface area contributed by atoms with Gasteiger partial charge in [0.25, 0.3) is 0 Å². The molecule has 190 valence electrons. The molecule has 3 nitrogen and oxygen atoms in total. The maximum Gasteiger partial charge on any atom is 0.115 e. The van der Waals surface area contributed by atoms with Crippen LogP contribution in [0, 0.1) is 6.92 Å². The Bertz CT molecular complexity index is 1380. The molecule has 0 aliphatic rings. The van der Waals surface area contributed by atoms with Crippen LogP contribution in [-0.2, 0) is 0 Å². The molecular weight excluding hydrogens is 466 g/mol. The molecule has 0 amide bonds. The van der Waals surface area contributed by atoms with Crippen molar-refractivity contribution < 1.29 is 10.2 Å². The maximum atomic E-state index is 9.64. The summed E-state index contributed by atoms with van der Waals surface area (Å²) >= 11 is 0. The Morgan fingerprint density at radius 1 is 0.421 bits per heavy atom. The van der Waals surface area contributed by atoms with Crippen molar-refractivity contribution in [2.75, 3.05) is 4.90 Å². The summed E-state index contributed by atoms with van der Waals surface area (Å²) < 4.78 is 0. The average molecular weight is 500 g/mol. The third kappa shape index (κ3) is 5.42. The van der Waals surface area contributed by atoms with Crippen molar-refractivity contribution in [3.8, 4) is 11.5 Å². The molecule has 38 heavy (non-hydrogen) atoms. The summed E-state index contributed by atoms with van der Waals surface area (Å²) in [6.07, 6.45) is 0. The van der Waals surface area contributed by atoms with Gasteiger partial charge in [0.15, 0.2) is 0 Å². The van der Waals surface area contributed by atoms with E-state index in [-0.39, 0.29) is 23.3 Å². The Balaban J connectivity index is 1.46. The molecule has 5 rings (SSSR count). The lowest BCUT2D eigenvalue weighted by Crippen LogP contribution is -2.10. The van der Waals surface area contributed by atoms with Crippen LogP contribution < -0.4 is 4.90 Å². The minimum atomic E-state index is 0.221. The topological polar surface area (TPSA) is 43.7 Å². The van der Waals surface area contributed by atoms with Crippen LogP contribution in [0.4, 0.5) is 17.1 Å². The number of rotatable bonds is 7. The van der Waals surface area contributed by atoms with Crippen LogP contribution in [0.1, 0.15) is 53.5 Å². The van der Waals surface area contributed by atoms with Gasteiger partial charge in [0.05, 0.1) is 0 Å². The Morgan fingerprint density at radius 3 is 1.00 bits per heavy atom. The van der Waals surface area contributed by atoms with E-state index in [4.69, 9.17) is 0 Å². The Kier molecular flexibility index (Phi) is 7.19. The standard InChI is InChI=1S/C35H33NO2/c1-24-4-14-31(15-5-24)36(32-16-6-27(7-17-32)25(2)29-10-20-34(37)21-11-29)33-18-8-28(9-19-33)26(3)30-12-22-35(38)23-13-30/h4-23,25-26,37-38H,1-3H3. The number of nitrogens with zero attached hydrogens (tertiary/aromatic N) is 1. The third-order valence-corrected chi connectivity index (χ3v) is 7.38. The van der Waals surface area contributed by atoms with Crippen molar-refractivity contribution in [1.82, 2.24) is 0 Å². The van der Waals surface area contributed by atoms with Crippen LogP contribution in [0.2, 0.25) is 0 Å². The van der Waals surface area contributed by atoms with Crippen LogP contribution in [0.25, 0.3) is 0 Å². The zero-order valence-corrected chi connectivity index (χ0v) is 22.0. The number of hydrogen-bond donors (Lipinski definition) is 2. The highest BCUT2D eigenvalue weighted by Crippen LogP contribution is 2.37. The smallest absolute Gasteiger partial charge is 0.115 e. The first-order valence-corrected chi connectivity index (χ1v) is 13.0. The minimum absolute atomic E-state index is 0.221. The molecule has 0 spiro atoms. The van der Waals surface area contributed by atoms with E-state index in [1.165, 1.54) is 27.8 Å². The van der Waals surface area contributed by atoms with E-state index < -0.39 is 0 Å². The number of phenolic OH excluding ortho intramolecular Hbond substituents is 2. The van der Waals surface area contributed by atoms with Crippen molar-refractivity contribution in [2.45, 2.75) is 32.6 Å². The predicted octanol–water partition coefficient (Wildman–Crippen LogP) is 9.18. The van der Waals surface area contributed by atoms with Gasteiger partial charge in [0.1, 0.15) is 11.5 Å². The van der Waals surface area contributed by atoms with Crippen molar-refractivity contribution >= 4 is 17.1 Å². The van der Waals surface area contributed by atoms with Crippen molar-refractivity contribution in [3.63, 3.8) is 0 Å². The van der Waals surface area contributed by atoms with Crippen LogP contribution in [0.3, 0.4) is 0 Å². The molecule has 0 bridgehead atoms. The number of benzene rings is 5. The summed E-state index contributed by atoms with van der Waals surface area (Å²) in [4.78, 5) is 2.28. The minimum Gasteiger partial charge on any atom is -0.508 e. The molecule has 0 heterocycles. The van der Waals surface area contributed by atoms with Crippen molar-refractivity contribution in [2.24, 2.45) is 0 Å². The van der Waals surface area contributed by atoms with Gasteiger partial charge in [-0.05, 0) is 89.8 Å². The SMILES string of the molecule is Cc1ccc(N(c2ccc(C(C)c3ccc(O)cc3)cc2)c2ccc(C(C)c3ccc(O)cc3)cc2)cc1. The molecular formula is C35H33NO2. The van der Waals surface area contributed by atoms with Crippen LogP contribution >= 0.6 is 0 Å². The van der Waals surface area contributed by atoms with Crippen molar-refractivity contribution in [1.29, 1.82) is 0 Å². The van der Waals surface area contributed by atoms with Gasteiger partial charge in [-0.15, -0.1) is 0 Å². The Morgan fingerprint density at radius 2 is 0.684 bits per heavy atom. The lowest BCUT2D eigenvalue weighted by molar-refractivity contribution is 0.474. The number of phenols is 2. The first kappa shape index (κ1) is 25.2. The molecule has 0 radical (unpaired) electrons. The highest BCUT2D eigenvalue weighted by Gasteiger charge is 2.16. The largest absolute Gasteiger partial charge is 0.508 e. The molecule has 0 saturated carbocycles. The molecule has 2 unspecified atom stereocenters. The summed E-state index contributed by atoms with van der Waals surface area (Å²) in [6.45, 7) is 6.48. The first-order valence-electron chi connectivity index (χ1n) is 13.0. The molecule has 0 fully saturated rings. The summed E-state index contributed by atoms with van der Waals surface area (Å²) in [5.41, 5.74) is 9.31. The van der Waals surface area contributed by atoms with Gasteiger partial charge in [-0.3, -0.25) is 0 Å². The van der Waals surface area contributed by atoms with E-state index in [2.05, 4.69) is 98.5 Å².